The van der Waals surface area contributed by atoms with Crippen LogP contribution in [0, 0.1) is 22.7 Å². The molecule has 6 heteroatoms. The summed E-state index contributed by atoms with van der Waals surface area (Å²) in [5.41, 5.74) is 0. The van der Waals surface area contributed by atoms with Crippen molar-refractivity contribution in [1.29, 1.82) is 10.5 Å². The van der Waals surface area contributed by atoms with E-state index in [2.05, 4.69) is 10.2 Å². The van der Waals surface area contributed by atoms with Crippen LogP contribution in [0.2, 0.25) is 5.15 Å². The van der Waals surface area contributed by atoms with E-state index >= 15 is 0 Å². The van der Waals surface area contributed by atoms with Crippen molar-refractivity contribution in [2.75, 3.05) is 18.0 Å². The van der Waals surface area contributed by atoms with Gasteiger partial charge in [0.15, 0.2) is 11.0 Å². The quantitative estimate of drug-likeness (QED) is 0.788. The fraction of sp³-hybridized carbons (Fsp3) is 0.167. The van der Waals surface area contributed by atoms with Crippen LogP contribution < -0.4 is 4.90 Å². The Morgan fingerprint density at radius 2 is 1.67 bits per heavy atom. The molecule has 0 unspecified atom stereocenters. The highest BCUT2D eigenvalue weighted by Crippen LogP contribution is 2.27. The zero-order chi connectivity index (χ0) is 13.0. The first-order chi connectivity index (χ1) is 8.77. The first kappa shape index (κ1) is 12.1. The van der Waals surface area contributed by atoms with Gasteiger partial charge in [-0.1, -0.05) is 35.9 Å². The van der Waals surface area contributed by atoms with Crippen LogP contribution in [0.1, 0.15) is 0 Å². The molecular formula is C12H8ClN5. The summed E-state index contributed by atoms with van der Waals surface area (Å²) in [6, 6.07) is 11.4. The number of fused-ring (bicyclic) bond motifs is 1. The van der Waals surface area contributed by atoms with Crippen molar-refractivity contribution in [3.8, 4) is 12.1 Å². The van der Waals surface area contributed by atoms with Gasteiger partial charge in [0.05, 0.1) is 12.1 Å². The number of halogens is 1. The van der Waals surface area contributed by atoms with Crippen molar-refractivity contribution in [1.82, 2.24) is 10.2 Å². The van der Waals surface area contributed by atoms with Crippen LogP contribution in [0.5, 0.6) is 0 Å². The first-order valence-electron chi connectivity index (χ1n) is 5.17. The van der Waals surface area contributed by atoms with Crippen LogP contribution >= 0.6 is 11.6 Å². The fourth-order valence-electron chi connectivity index (χ4n) is 1.67. The average molecular weight is 258 g/mol. The summed E-state index contributed by atoms with van der Waals surface area (Å²) in [4.78, 5) is 1.56. The summed E-state index contributed by atoms with van der Waals surface area (Å²) in [6.07, 6.45) is 0. The Labute approximate surface area is 109 Å². The lowest BCUT2D eigenvalue weighted by molar-refractivity contribution is 0.905. The van der Waals surface area contributed by atoms with E-state index in [1.54, 1.807) is 4.90 Å². The monoisotopic (exact) mass is 257 g/mol. The predicted molar refractivity (Wildman–Crippen MR) is 68.0 cm³/mol. The summed E-state index contributed by atoms with van der Waals surface area (Å²) in [7, 11) is 0. The van der Waals surface area contributed by atoms with Crippen molar-refractivity contribution in [2.24, 2.45) is 0 Å². The number of anilines is 1. The standard InChI is InChI=1S/C12H8ClN5/c13-11-9-3-1-2-4-10(9)12(17-16-11)18(7-5-14)8-6-15/h1-4H,7-8H2. The minimum Gasteiger partial charge on any atom is -0.328 e. The van der Waals surface area contributed by atoms with Gasteiger partial charge in [-0.2, -0.15) is 10.5 Å². The van der Waals surface area contributed by atoms with E-state index in [0.29, 0.717) is 11.0 Å². The molecule has 0 N–H and O–H groups in total. The highest BCUT2D eigenvalue weighted by Gasteiger charge is 2.13. The van der Waals surface area contributed by atoms with E-state index < -0.39 is 0 Å². The van der Waals surface area contributed by atoms with E-state index in [0.717, 1.165) is 10.8 Å². The maximum Gasteiger partial charge on any atom is 0.160 e. The Kier molecular flexibility index (Phi) is 3.57. The van der Waals surface area contributed by atoms with E-state index in [1.165, 1.54) is 0 Å². The molecule has 0 saturated carbocycles. The third kappa shape index (κ3) is 2.17. The minimum absolute atomic E-state index is 0.0772. The highest BCUT2D eigenvalue weighted by atomic mass is 35.5. The van der Waals surface area contributed by atoms with E-state index in [4.69, 9.17) is 22.1 Å². The van der Waals surface area contributed by atoms with Crippen molar-refractivity contribution < 1.29 is 0 Å². The van der Waals surface area contributed by atoms with Crippen LogP contribution in [0.15, 0.2) is 24.3 Å². The minimum atomic E-state index is 0.0772. The van der Waals surface area contributed by atoms with Crippen LogP contribution in [-0.2, 0) is 0 Å². The summed E-state index contributed by atoms with van der Waals surface area (Å²) in [5, 5.41) is 27.2. The molecule has 0 aliphatic heterocycles. The third-order valence-corrected chi connectivity index (χ3v) is 2.72. The molecule has 88 valence electrons. The molecule has 0 atom stereocenters. The van der Waals surface area contributed by atoms with E-state index in [9.17, 15) is 0 Å². The van der Waals surface area contributed by atoms with Crippen LogP contribution in [0.25, 0.3) is 10.8 Å². The molecule has 0 saturated heterocycles. The molecule has 1 heterocycles. The lowest BCUT2D eigenvalue weighted by Gasteiger charge is -2.18. The maximum atomic E-state index is 8.78. The molecular weight excluding hydrogens is 250 g/mol. The number of hydrogen-bond donors (Lipinski definition) is 0. The first-order valence-corrected chi connectivity index (χ1v) is 5.55. The van der Waals surface area contributed by atoms with Crippen LogP contribution in [-0.4, -0.2) is 23.3 Å². The van der Waals surface area contributed by atoms with Gasteiger partial charge < -0.3 is 4.90 Å². The summed E-state index contributed by atoms with van der Waals surface area (Å²) in [5.74, 6) is 0.498. The van der Waals surface area contributed by atoms with Gasteiger partial charge >= 0.3 is 0 Å². The number of benzene rings is 1. The topological polar surface area (TPSA) is 76.6 Å². The number of nitriles is 2. The Morgan fingerprint density at radius 1 is 1.06 bits per heavy atom. The number of aromatic nitrogens is 2. The lowest BCUT2D eigenvalue weighted by Crippen LogP contribution is -2.25. The molecule has 0 spiro atoms. The van der Waals surface area contributed by atoms with E-state index in [1.807, 2.05) is 36.4 Å². The normalized spacial score (nSPS) is 9.72. The average Bonchev–Trinajstić information content (AvgIpc) is 2.39. The number of rotatable bonds is 3. The van der Waals surface area contributed by atoms with E-state index in [-0.39, 0.29) is 13.1 Å². The van der Waals surface area contributed by atoms with Crippen LogP contribution in [0.3, 0.4) is 0 Å². The second kappa shape index (κ2) is 5.31. The molecule has 1 aromatic heterocycles. The molecule has 0 aliphatic rings. The van der Waals surface area contributed by atoms with Crippen LogP contribution in [0.4, 0.5) is 5.82 Å². The number of hydrogen-bond acceptors (Lipinski definition) is 5. The Bertz CT molecular complexity index is 640. The molecule has 2 rings (SSSR count). The molecule has 2 aromatic rings. The second-order valence-corrected chi connectivity index (χ2v) is 3.89. The second-order valence-electron chi connectivity index (χ2n) is 3.53. The van der Waals surface area contributed by atoms with Gasteiger partial charge in [-0.25, -0.2) is 0 Å². The molecule has 5 nitrogen and oxygen atoms in total. The summed E-state index contributed by atoms with van der Waals surface area (Å²) >= 11 is 5.97. The van der Waals surface area contributed by atoms with Gasteiger partial charge in [0, 0.05) is 10.8 Å². The van der Waals surface area contributed by atoms with Gasteiger partial charge in [-0.3, -0.25) is 0 Å². The van der Waals surface area contributed by atoms with Gasteiger partial charge in [-0.15, -0.1) is 10.2 Å². The Morgan fingerprint density at radius 3 is 2.28 bits per heavy atom. The molecule has 0 fully saturated rings. The Hall–Kier alpha value is -2.37. The number of nitrogens with zero attached hydrogens (tertiary/aromatic N) is 5. The lowest BCUT2D eigenvalue weighted by atomic mass is 10.2. The van der Waals surface area contributed by atoms with Crippen molar-refractivity contribution in [3.05, 3.63) is 29.4 Å². The van der Waals surface area contributed by atoms with Gasteiger partial charge in [0.25, 0.3) is 0 Å². The largest absolute Gasteiger partial charge is 0.328 e. The molecule has 0 aliphatic carbocycles. The Balaban J connectivity index is 2.61. The molecule has 0 radical (unpaired) electrons. The highest BCUT2D eigenvalue weighted by molar-refractivity contribution is 6.34. The zero-order valence-electron chi connectivity index (χ0n) is 9.34. The smallest absolute Gasteiger partial charge is 0.160 e. The maximum absolute atomic E-state index is 8.78. The molecule has 0 bridgehead atoms. The summed E-state index contributed by atoms with van der Waals surface area (Å²) < 4.78 is 0. The van der Waals surface area contributed by atoms with Crippen molar-refractivity contribution >= 4 is 28.2 Å². The zero-order valence-corrected chi connectivity index (χ0v) is 10.1. The van der Waals surface area contributed by atoms with Gasteiger partial charge in [0.1, 0.15) is 13.1 Å². The third-order valence-electron chi connectivity index (χ3n) is 2.45. The SMILES string of the molecule is N#CCN(CC#N)c1nnc(Cl)c2ccccc12. The molecule has 1 aromatic carbocycles. The van der Waals surface area contributed by atoms with Crippen molar-refractivity contribution in [2.45, 2.75) is 0 Å². The molecule has 18 heavy (non-hydrogen) atoms. The summed E-state index contributed by atoms with van der Waals surface area (Å²) in [6.45, 7) is 0.154. The molecule has 0 amide bonds. The van der Waals surface area contributed by atoms with Gasteiger partial charge in [0.2, 0.25) is 0 Å². The fourth-order valence-corrected chi connectivity index (χ4v) is 1.87. The van der Waals surface area contributed by atoms with Gasteiger partial charge in [-0.05, 0) is 0 Å². The van der Waals surface area contributed by atoms with Crippen molar-refractivity contribution in [3.63, 3.8) is 0 Å². The predicted octanol–water partition coefficient (Wildman–Crippen LogP) is 2.14.